The zero-order valence-electron chi connectivity index (χ0n) is 22.4. The van der Waals surface area contributed by atoms with E-state index in [1.54, 1.807) is 0 Å². The number of hydrogen-bond acceptors (Lipinski definition) is 7. The van der Waals surface area contributed by atoms with Crippen LogP contribution < -0.4 is 15.4 Å². The Bertz CT molecular complexity index is 1710. The first-order valence-corrected chi connectivity index (χ1v) is 14.2. The monoisotopic (exact) mass is 632 g/mol. The van der Waals surface area contributed by atoms with Crippen molar-refractivity contribution in [1.29, 1.82) is 5.26 Å². The summed E-state index contributed by atoms with van der Waals surface area (Å²) < 4.78 is 6.95. The molecule has 3 aromatic rings. The van der Waals surface area contributed by atoms with E-state index in [0.717, 1.165) is 26.7 Å². The van der Waals surface area contributed by atoms with E-state index in [2.05, 4.69) is 22.0 Å². The number of carbonyl (C=O) groups is 1. The van der Waals surface area contributed by atoms with E-state index in [1.165, 1.54) is 23.1 Å². The highest BCUT2D eigenvalue weighted by molar-refractivity contribution is 9.10. The molecule has 3 aromatic carbocycles. The van der Waals surface area contributed by atoms with Crippen LogP contribution in [0.4, 0.5) is 11.4 Å². The highest BCUT2D eigenvalue weighted by atomic mass is 79.9. The Hall–Kier alpha value is -4.13. The molecule has 10 heteroatoms. The van der Waals surface area contributed by atoms with Crippen molar-refractivity contribution in [1.82, 2.24) is 0 Å². The molecule has 1 aliphatic carbocycles. The molecule has 1 heterocycles. The number of rotatable bonds is 6. The minimum absolute atomic E-state index is 0.0586. The van der Waals surface area contributed by atoms with Gasteiger partial charge < -0.3 is 10.5 Å². The third-order valence-corrected chi connectivity index (χ3v) is 8.41. The zero-order chi connectivity index (χ0) is 29.4. The van der Waals surface area contributed by atoms with Gasteiger partial charge in [0.05, 0.1) is 27.0 Å². The molecule has 0 aromatic heterocycles. The number of nitrogens with zero attached hydrogens (tertiary/aromatic N) is 3. The topological polar surface area (TPSA) is 122 Å². The lowest BCUT2D eigenvalue weighted by Gasteiger charge is -2.40. The fraction of sp³-hybridized carbons (Fsp3) is 0.226. The number of Topliss-reactive ketones (excluding diaryl/α,β-unsaturated/α-hetero) is 1. The van der Waals surface area contributed by atoms with E-state index >= 15 is 0 Å². The predicted octanol–water partition coefficient (Wildman–Crippen LogP) is 7.51. The Balaban J connectivity index is 1.68. The summed E-state index contributed by atoms with van der Waals surface area (Å²) in [6.07, 6.45) is 1.35. The smallest absolute Gasteiger partial charge is 0.294 e. The van der Waals surface area contributed by atoms with E-state index in [4.69, 9.17) is 22.1 Å². The summed E-state index contributed by atoms with van der Waals surface area (Å²) in [6.45, 7) is 4.18. The van der Waals surface area contributed by atoms with E-state index in [0.29, 0.717) is 36.3 Å². The largest absolute Gasteiger partial charge is 0.488 e. The van der Waals surface area contributed by atoms with Crippen LogP contribution >= 0.6 is 27.5 Å². The summed E-state index contributed by atoms with van der Waals surface area (Å²) in [7, 11) is 0. The zero-order valence-corrected chi connectivity index (χ0v) is 24.8. The third-order valence-electron chi connectivity index (χ3n) is 7.52. The molecule has 41 heavy (non-hydrogen) atoms. The maximum Gasteiger partial charge on any atom is 0.294 e. The quantitative estimate of drug-likeness (QED) is 0.220. The third kappa shape index (κ3) is 5.21. The van der Waals surface area contributed by atoms with Gasteiger partial charge in [-0.1, -0.05) is 41.4 Å². The van der Waals surface area contributed by atoms with E-state index in [-0.39, 0.29) is 40.2 Å². The summed E-state index contributed by atoms with van der Waals surface area (Å²) >= 11 is 9.59. The number of ketones is 1. The van der Waals surface area contributed by atoms with Crippen LogP contribution in [0.3, 0.4) is 0 Å². The first-order valence-electron chi connectivity index (χ1n) is 13.0. The molecule has 2 aliphatic rings. The highest BCUT2D eigenvalue weighted by Gasteiger charge is 2.42. The van der Waals surface area contributed by atoms with Gasteiger partial charge in [-0.2, -0.15) is 5.26 Å². The molecule has 0 fully saturated rings. The lowest BCUT2D eigenvalue weighted by Crippen LogP contribution is -2.39. The van der Waals surface area contributed by atoms with Crippen LogP contribution in [0.5, 0.6) is 5.75 Å². The lowest BCUT2D eigenvalue weighted by atomic mass is 9.73. The lowest BCUT2D eigenvalue weighted by molar-refractivity contribution is -0.384. The molecular weight excluding hydrogens is 608 g/mol. The number of carbonyl (C=O) groups excluding carboxylic acids is 1. The van der Waals surface area contributed by atoms with Crippen molar-refractivity contribution in [2.24, 2.45) is 5.73 Å². The number of para-hydroxylation sites is 1. The molecule has 2 N–H and O–H groups in total. The van der Waals surface area contributed by atoms with Crippen LogP contribution in [-0.4, -0.2) is 10.7 Å². The van der Waals surface area contributed by atoms with E-state index in [9.17, 15) is 20.2 Å². The fourth-order valence-corrected chi connectivity index (χ4v) is 6.20. The molecule has 1 atom stereocenters. The number of benzene rings is 3. The first kappa shape index (κ1) is 28.4. The number of nitro benzene ring substituents is 1. The number of aryl methyl sites for hydroxylation is 1. The van der Waals surface area contributed by atoms with Crippen molar-refractivity contribution in [3.05, 3.63) is 119 Å². The van der Waals surface area contributed by atoms with Crippen LogP contribution in [0.15, 0.2) is 81.7 Å². The Kier molecular flexibility index (Phi) is 7.89. The normalized spacial score (nSPS) is 16.9. The highest BCUT2D eigenvalue weighted by Crippen LogP contribution is 2.49. The maximum atomic E-state index is 13.6. The van der Waals surface area contributed by atoms with E-state index < -0.39 is 10.8 Å². The van der Waals surface area contributed by atoms with Gasteiger partial charge in [-0.25, -0.2) is 0 Å². The summed E-state index contributed by atoms with van der Waals surface area (Å²) in [4.78, 5) is 26.6. The molecule has 208 valence electrons. The Labute approximate surface area is 250 Å². The number of nitro groups is 1. The number of nitriles is 1. The number of nitrogens with two attached hydrogens (primary N) is 1. The van der Waals surface area contributed by atoms with Crippen LogP contribution in [0, 0.1) is 35.3 Å². The average molecular weight is 634 g/mol. The van der Waals surface area contributed by atoms with Crippen LogP contribution in [0.1, 0.15) is 47.4 Å². The first-order chi connectivity index (χ1) is 19.6. The summed E-state index contributed by atoms with van der Waals surface area (Å²) in [5.41, 5.74) is 11.3. The van der Waals surface area contributed by atoms with Gasteiger partial charge in [-0.05, 0) is 83.6 Å². The second-order valence-electron chi connectivity index (χ2n) is 10.1. The van der Waals surface area contributed by atoms with E-state index in [1.807, 2.05) is 50.2 Å². The molecule has 0 amide bonds. The molecule has 1 aliphatic heterocycles. The van der Waals surface area contributed by atoms with Gasteiger partial charge >= 0.3 is 0 Å². The fourth-order valence-electron chi connectivity index (χ4n) is 5.64. The molecule has 0 radical (unpaired) electrons. The van der Waals surface area contributed by atoms with Crippen molar-refractivity contribution >= 4 is 44.7 Å². The second-order valence-corrected chi connectivity index (χ2v) is 11.4. The minimum atomic E-state index is -0.715. The van der Waals surface area contributed by atoms with Gasteiger partial charge in [-0.3, -0.25) is 19.8 Å². The number of ether oxygens (including phenoxy) is 1. The van der Waals surface area contributed by atoms with Crippen molar-refractivity contribution in [2.45, 2.75) is 45.6 Å². The second kappa shape index (κ2) is 11.4. The Morgan fingerprint density at radius 2 is 1.95 bits per heavy atom. The number of halogens is 2. The predicted molar refractivity (Wildman–Crippen MR) is 160 cm³/mol. The average Bonchev–Trinajstić information content (AvgIpc) is 2.94. The standard InChI is InChI=1S/C31H26BrClN4O4/c1-17-12-19(16-41-28-9-4-3-6-23(28)32)18(2)21(13-17)29-22(15-34)31(35)36(25-7-5-8-27(38)30(25)29)24-11-10-20(33)14-26(24)37(39)40/h3-4,6,9-14,29H,5,7-8,16,35H2,1-2H3. The van der Waals surface area contributed by atoms with Crippen LogP contribution in [0.25, 0.3) is 0 Å². The summed E-state index contributed by atoms with van der Waals surface area (Å²) in [6, 6.07) is 18.1. The number of hydrogen-bond donors (Lipinski definition) is 1. The van der Waals surface area contributed by atoms with Gasteiger partial charge in [0.15, 0.2) is 5.78 Å². The SMILES string of the molecule is Cc1cc(COc2ccccc2Br)c(C)c(C2C(C#N)=C(N)N(c3ccc(Cl)cc3[N+](=O)[O-])C3=C2C(=O)CCC3)c1. The summed E-state index contributed by atoms with van der Waals surface area (Å²) in [5, 5.41) is 22.6. The van der Waals surface area contributed by atoms with Crippen molar-refractivity contribution in [3.8, 4) is 11.8 Å². The van der Waals surface area contributed by atoms with Crippen LogP contribution in [-0.2, 0) is 11.4 Å². The Morgan fingerprint density at radius 1 is 1.20 bits per heavy atom. The maximum absolute atomic E-state index is 13.6. The van der Waals surface area contributed by atoms with Gasteiger partial charge in [0, 0.05) is 28.8 Å². The molecule has 0 saturated carbocycles. The molecular formula is C31H26BrClN4O4. The number of allylic oxidation sites excluding steroid dienone is 3. The van der Waals surface area contributed by atoms with Crippen molar-refractivity contribution in [3.63, 3.8) is 0 Å². The van der Waals surface area contributed by atoms with Gasteiger partial charge in [0.1, 0.15) is 23.9 Å². The van der Waals surface area contributed by atoms with Gasteiger partial charge in [0.2, 0.25) is 0 Å². The van der Waals surface area contributed by atoms with Crippen LogP contribution in [0.2, 0.25) is 5.02 Å². The van der Waals surface area contributed by atoms with Crippen molar-refractivity contribution in [2.75, 3.05) is 4.90 Å². The molecule has 0 bridgehead atoms. The molecule has 0 spiro atoms. The minimum Gasteiger partial charge on any atom is -0.488 e. The molecule has 1 unspecified atom stereocenters. The number of anilines is 1. The summed E-state index contributed by atoms with van der Waals surface area (Å²) in [5.74, 6) is -0.0667. The van der Waals surface area contributed by atoms with Gasteiger partial charge in [-0.15, -0.1) is 0 Å². The Morgan fingerprint density at radius 3 is 2.66 bits per heavy atom. The molecule has 8 nitrogen and oxygen atoms in total. The molecule has 5 rings (SSSR count). The molecule has 0 saturated heterocycles. The van der Waals surface area contributed by atoms with Gasteiger partial charge in [0.25, 0.3) is 5.69 Å². The van der Waals surface area contributed by atoms with Crippen molar-refractivity contribution < 1.29 is 14.5 Å².